The van der Waals surface area contributed by atoms with Gasteiger partial charge in [-0.25, -0.2) is 38.9 Å². The summed E-state index contributed by atoms with van der Waals surface area (Å²) < 4.78 is 58.5. The van der Waals surface area contributed by atoms with E-state index >= 15 is 4.39 Å². The van der Waals surface area contributed by atoms with Gasteiger partial charge in [-0.1, -0.05) is 19.2 Å². The Labute approximate surface area is 269 Å². The highest BCUT2D eigenvalue weighted by molar-refractivity contribution is 8.44. The second-order valence-corrected chi connectivity index (χ2v) is 16.1. The molecule has 0 bridgehead atoms. The molecule has 2 unspecified atom stereocenters. The topological polar surface area (TPSA) is 263 Å². The Kier molecular flexibility index (Phi) is 9.11. The summed E-state index contributed by atoms with van der Waals surface area (Å²) in [4.78, 5) is 45.1. The first kappa shape index (κ1) is 33.4. The molecule has 0 radical (unpaired) electrons. The van der Waals surface area contributed by atoms with Crippen LogP contribution in [0.3, 0.4) is 0 Å². The van der Waals surface area contributed by atoms with E-state index in [1.54, 1.807) is 6.92 Å². The van der Waals surface area contributed by atoms with Gasteiger partial charge in [-0.3, -0.25) is 18.2 Å². The van der Waals surface area contributed by atoms with Crippen molar-refractivity contribution >= 4 is 71.5 Å². The first-order valence-electron chi connectivity index (χ1n) is 13.6. The first-order valence-corrected chi connectivity index (χ1v) is 18.9. The maximum Gasteiger partial charge on any atom is 0.383 e. The number of aliphatic hydroxyl groups is 1. The number of thiol groups is 1. The summed E-state index contributed by atoms with van der Waals surface area (Å²) in [6, 6.07) is 0. The van der Waals surface area contributed by atoms with Crippen LogP contribution in [0.2, 0.25) is 0 Å². The van der Waals surface area contributed by atoms with Crippen molar-refractivity contribution in [3.8, 4) is 0 Å². The van der Waals surface area contributed by atoms with Gasteiger partial charge >= 0.3 is 13.5 Å². The maximum absolute atomic E-state index is 15.9. The Morgan fingerprint density at radius 2 is 1.65 bits per heavy atom. The van der Waals surface area contributed by atoms with Crippen LogP contribution in [-0.2, 0) is 39.4 Å². The van der Waals surface area contributed by atoms with Gasteiger partial charge in [0.1, 0.15) is 42.0 Å². The Morgan fingerprint density at radius 3 is 2.22 bits per heavy atom. The normalized spacial score (nSPS) is 31.0. The van der Waals surface area contributed by atoms with Crippen molar-refractivity contribution in [3.05, 3.63) is 25.3 Å². The number of hydrogen-bond acceptors (Lipinski definition) is 16. The zero-order chi connectivity index (χ0) is 33.0. The summed E-state index contributed by atoms with van der Waals surface area (Å²) in [7, 11) is 0. The van der Waals surface area contributed by atoms with Crippen molar-refractivity contribution in [2.45, 2.75) is 62.3 Å². The highest BCUT2D eigenvalue weighted by Crippen LogP contribution is 2.53. The van der Waals surface area contributed by atoms with Crippen LogP contribution in [0.1, 0.15) is 32.2 Å². The van der Waals surface area contributed by atoms with Crippen molar-refractivity contribution in [2.75, 3.05) is 24.7 Å². The quantitative estimate of drug-likeness (QED) is 0.0937. The monoisotopic (exact) mass is 722 g/mol. The van der Waals surface area contributed by atoms with Gasteiger partial charge in [0.25, 0.3) is 0 Å². The molecule has 6 heterocycles. The van der Waals surface area contributed by atoms with Crippen LogP contribution in [0.4, 0.5) is 16.0 Å². The van der Waals surface area contributed by atoms with Crippen molar-refractivity contribution in [1.29, 1.82) is 0 Å². The summed E-state index contributed by atoms with van der Waals surface area (Å²) in [6.07, 6.45) is -3.04. The Balaban J connectivity index is 1.21. The van der Waals surface area contributed by atoms with E-state index in [9.17, 15) is 19.5 Å². The lowest BCUT2D eigenvalue weighted by Crippen LogP contribution is -2.35. The Hall–Kier alpha value is -2.46. The number of hydrogen-bond donors (Lipinski definition) is 6. The van der Waals surface area contributed by atoms with Crippen LogP contribution in [0, 0.1) is 0 Å². The van der Waals surface area contributed by atoms with E-state index in [1.165, 1.54) is 34.4 Å². The number of aliphatic hydroxyl groups excluding tert-OH is 1. The molecule has 24 heteroatoms. The van der Waals surface area contributed by atoms with Gasteiger partial charge in [0.05, 0.1) is 31.5 Å². The standard InChI is InChI=1S/C22H29FN10O9P2S2/c1-2-22(3-10(34)20(41-22)32-8-30-13-16(24)26-6-28-18(13)32)5-39-44(37,46)42-15-12(23)11(4-38-43(35,36)45)40-21(15)33-9-31-14-17(25)27-7-29-19(14)33/h6-12,15,20-21,34H,2-5H2,1H3,(H,37,46)(H2,24,26,28)(H2,25,27,29)(H2,35,36,45)/t10-,11-,12+,15-,20-,21-,22+,44?/m1/s1. The third kappa shape index (κ3) is 6.49. The Bertz CT molecular complexity index is 1850. The predicted molar refractivity (Wildman–Crippen MR) is 164 cm³/mol. The zero-order valence-electron chi connectivity index (χ0n) is 23.8. The SMILES string of the molecule is CC[C@@]1(COP(O)(=S)O[C@@H]2[C@@H](F)[C@@H](COP(=O)(O)S)O[C@H]2n2cnc3c(N)ncnc32)C[C@@H](O)[C@H](n2cnc3c(N)ncnc32)O1. The molecule has 19 nitrogen and oxygen atoms in total. The lowest BCUT2D eigenvalue weighted by atomic mass is 9.97. The smallest absolute Gasteiger partial charge is 0.383 e. The number of nitrogens with two attached hydrogens (primary N) is 2. The van der Waals surface area contributed by atoms with E-state index in [0.29, 0.717) is 17.6 Å². The van der Waals surface area contributed by atoms with Crippen LogP contribution >= 0.6 is 25.8 Å². The van der Waals surface area contributed by atoms with E-state index in [4.69, 9.17) is 46.3 Å². The van der Waals surface area contributed by atoms with E-state index < -0.39 is 62.7 Å². The lowest BCUT2D eigenvalue weighted by molar-refractivity contribution is -0.108. The maximum atomic E-state index is 15.9. The molecule has 2 saturated heterocycles. The molecular weight excluding hydrogens is 693 g/mol. The molecule has 9 atom stereocenters. The number of halogens is 1. The average molecular weight is 723 g/mol. The van der Waals surface area contributed by atoms with Crippen molar-refractivity contribution in [1.82, 2.24) is 39.0 Å². The zero-order valence-corrected chi connectivity index (χ0v) is 27.3. The first-order chi connectivity index (χ1) is 21.7. The van der Waals surface area contributed by atoms with E-state index in [-0.39, 0.29) is 35.8 Å². The summed E-state index contributed by atoms with van der Waals surface area (Å²) >= 11 is 8.73. The minimum Gasteiger partial charge on any atom is -0.388 e. The highest BCUT2D eigenvalue weighted by Gasteiger charge is 2.52. The van der Waals surface area contributed by atoms with Crippen LogP contribution in [0.15, 0.2) is 25.3 Å². The number of aromatic nitrogens is 8. The largest absolute Gasteiger partial charge is 0.388 e. The number of alkyl halides is 1. The summed E-state index contributed by atoms with van der Waals surface area (Å²) in [6.45, 7) is -7.83. The summed E-state index contributed by atoms with van der Waals surface area (Å²) in [5.74, 6) is 0.202. The number of rotatable bonds is 11. The van der Waals surface area contributed by atoms with Crippen molar-refractivity contribution < 1.29 is 46.9 Å². The fraction of sp³-hybridized carbons (Fsp3) is 0.545. The molecule has 0 aromatic carbocycles. The number of nitrogens with zero attached hydrogens (tertiary/aromatic N) is 8. The lowest BCUT2D eigenvalue weighted by Gasteiger charge is -2.31. The fourth-order valence-corrected chi connectivity index (χ4v) is 7.35. The van der Waals surface area contributed by atoms with Gasteiger partial charge in [0.2, 0.25) is 0 Å². The Morgan fingerprint density at radius 1 is 1.07 bits per heavy atom. The summed E-state index contributed by atoms with van der Waals surface area (Å²) in [5.41, 5.74) is 11.6. The second kappa shape index (κ2) is 12.5. The molecule has 4 aromatic heterocycles. The molecule has 46 heavy (non-hydrogen) atoms. The minimum atomic E-state index is -4.30. The van der Waals surface area contributed by atoms with Crippen LogP contribution in [-0.4, -0.2) is 97.2 Å². The van der Waals surface area contributed by atoms with E-state index in [2.05, 4.69) is 42.2 Å². The molecule has 0 spiro atoms. The molecule has 2 fully saturated rings. The van der Waals surface area contributed by atoms with Crippen molar-refractivity contribution in [3.63, 3.8) is 0 Å². The second-order valence-electron chi connectivity index (χ2n) is 10.6. The van der Waals surface area contributed by atoms with Gasteiger partial charge < -0.3 is 40.4 Å². The van der Waals surface area contributed by atoms with Gasteiger partial charge in [0, 0.05) is 6.42 Å². The molecule has 2 aliphatic heterocycles. The van der Waals surface area contributed by atoms with Crippen LogP contribution < -0.4 is 11.5 Å². The number of fused-ring (bicyclic) bond motifs is 2. The summed E-state index contributed by atoms with van der Waals surface area (Å²) in [5, 5.41) is 11.0. The van der Waals surface area contributed by atoms with E-state index in [1.807, 2.05) is 0 Å². The molecular formula is C22H29FN10O9P2S2. The fourth-order valence-electron chi connectivity index (χ4n) is 5.36. The number of nitrogen functional groups attached to an aromatic ring is 2. The molecule has 7 N–H and O–H groups in total. The van der Waals surface area contributed by atoms with Crippen molar-refractivity contribution in [2.24, 2.45) is 0 Å². The van der Waals surface area contributed by atoms with Gasteiger partial charge in [-0.05, 0) is 18.2 Å². The molecule has 0 amide bonds. The third-order valence-electron chi connectivity index (χ3n) is 7.66. The average Bonchev–Trinajstić information content (AvgIpc) is 3.76. The van der Waals surface area contributed by atoms with E-state index in [0.717, 1.165) is 0 Å². The highest BCUT2D eigenvalue weighted by atomic mass is 32.7. The number of imidazole rings is 2. The third-order valence-corrected chi connectivity index (χ3v) is 10.0. The minimum absolute atomic E-state index is 0.0457. The van der Waals surface area contributed by atoms with Gasteiger partial charge in [0.15, 0.2) is 41.6 Å². The van der Waals surface area contributed by atoms with Crippen LogP contribution in [0.25, 0.3) is 22.3 Å². The van der Waals surface area contributed by atoms with Crippen LogP contribution in [0.5, 0.6) is 0 Å². The number of ether oxygens (including phenoxy) is 2. The predicted octanol–water partition coefficient (Wildman–Crippen LogP) is 1.16. The molecule has 2 aliphatic rings. The molecule has 0 saturated carbocycles. The number of anilines is 2. The van der Waals surface area contributed by atoms with Gasteiger partial charge in [-0.2, -0.15) is 0 Å². The molecule has 4 aromatic rings. The molecule has 6 rings (SSSR count). The van der Waals surface area contributed by atoms with Gasteiger partial charge in [-0.15, -0.1) is 0 Å². The molecule has 250 valence electrons. The molecule has 0 aliphatic carbocycles.